The highest BCUT2D eigenvalue weighted by Crippen LogP contribution is 2.37. The first-order valence-electron chi connectivity index (χ1n) is 12.8. The molecular formula is C31H29FN4O3. The van der Waals surface area contributed by atoms with E-state index in [2.05, 4.69) is 17.2 Å². The molecule has 5 rings (SSSR count). The van der Waals surface area contributed by atoms with E-state index in [0.29, 0.717) is 17.0 Å². The van der Waals surface area contributed by atoms with Gasteiger partial charge >= 0.3 is 6.03 Å². The predicted molar refractivity (Wildman–Crippen MR) is 147 cm³/mol. The fourth-order valence-corrected chi connectivity index (χ4v) is 5.04. The van der Waals surface area contributed by atoms with Gasteiger partial charge < -0.3 is 15.5 Å². The molecule has 8 heteroatoms. The van der Waals surface area contributed by atoms with Gasteiger partial charge in [-0.25, -0.2) is 9.18 Å². The zero-order valence-electron chi connectivity index (χ0n) is 21.6. The van der Waals surface area contributed by atoms with Crippen LogP contribution >= 0.6 is 0 Å². The number of carbonyl (C=O) groups is 3. The highest BCUT2D eigenvalue weighted by atomic mass is 19.1. The van der Waals surface area contributed by atoms with Crippen molar-refractivity contribution in [1.82, 2.24) is 15.1 Å². The number of hydrogen-bond acceptors (Lipinski definition) is 3. The van der Waals surface area contributed by atoms with Gasteiger partial charge in [-0.05, 0) is 42.3 Å². The molecule has 0 spiro atoms. The molecule has 0 unspecified atom stereocenters. The summed E-state index contributed by atoms with van der Waals surface area (Å²) < 4.78 is 13.5. The van der Waals surface area contributed by atoms with Gasteiger partial charge in [-0.3, -0.25) is 14.5 Å². The SMILES string of the molecule is C=CCN1C(=O)N[C@@H](c2ccc(C)cc2)C2=C1CN([C@@H](Cc1ccccc1)C(=O)Nc1ccc(F)cc1)C2=O. The van der Waals surface area contributed by atoms with Gasteiger partial charge in [0, 0.05) is 18.7 Å². The summed E-state index contributed by atoms with van der Waals surface area (Å²) in [5.41, 5.74) is 4.14. The van der Waals surface area contributed by atoms with Crippen molar-refractivity contribution in [2.24, 2.45) is 0 Å². The van der Waals surface area contributed by atoms with E-state index >= 15 is 0 Å². The average Bonchev–Trinajstić information content (AvgIpc) is 3.27. The maximum atomic E-state index is 14.1. The third-order valence-electron chi connectivity index (χ3n) is 7.03. The van der Waals surface area contributed by atoms with Crippen LogP contribution in [0.4, 0.5) is 14.9 Å². The molecule has 2 heterocycles. The number of nitrogens with one attached hydrogen (secondary N) is 2. The Balaban J connectivity index is 1.52. The first kappa shape index (κ1) is 25.9. The summed E-state index contributed by atoms with van der Waals surface area (Å²) >= 11 is 0. The zero-order chi connectivity index (χ0) is 27.5. The number of rotatable bonds is 8. The summed E-state index contributed by atoms with van der Waals surface area (Å²) in [6.07, 6.45) is 1.87. The van der Waals surface area contributed by atoms with Crippen molar-refractivity contribution in [2.45, 2.75) is 25.4 Å². The van der Waals surface area contributed by atoms with Crippen LogP contribution in [0, 0.1) is 12.7 Å². The highest BCUT2D eigenvalue weighted by molar-refractivity contribution is 6.05. The Kier molecular flexibility index (Phi) is 7.27. The molecule has 2 aliphatic rings. The number of aryl methyl sites for hydroxylation is 1. The number of benzene rings is 3. The molecule has 0 radical (unpaired) electrons. The molecule has 0 fully saturated rings. The van der Waals surface area contributed by atoms with Crippen LogP contribution in [0.3, 0.4) is 0 Å². The first-order valence-corrected chi connectivity index (χ1v) is 12.8. The second kappa shape index (κ2) is 10.9. The smallest absolute Gasteiger partial charge is 0.322 e. The Labute approximate surface area is 226 Å². The lowest BCUT2D eigenvalue weighted by molar-refractivity contribution is -0.134. The second-order valence-electron chi connectivity index (χ2n) is 9.69. The standard InChI is InChI=1S/C31H29FN4O3/c1-3-17-35-26-19-36(30(38)27(26)28(34-31(35)39)22-11-9-20(2)10-12-22)25(18-21-7-5-4-6-8-21)29(37)33-24-15-13-23(32)14-16-24/h3-16,25,28H,1,17-19H2,2H3,(H,33,37)(H,34,39)/t25-,28-/m0/s1. The Hall–Kier alpha value is -4.72. The third-order valence-corrected chi connectivity index (χ3v) is 7.03. The molecular weight excluding hydrogens is 495 g/mol. The van der Waals surface area contributed by atoms with Crippen LogP contribution in [-0.4, -0.2) is 46.8 Å². The van der Waals surface area contributed by atoms with Crippen LogP contribution in [0.15, 0.2) is 103 Å². The molecule has 0 aromatic heterocycles. The van der Waals surface area contributed by atoms with Crippen molar-refractivity contribution in [3.05, 3.63) is 125 Å². The average molecular weight is 525 g/mol. The van der Waals surface area contributed by atoms with Crippen LogP contribution in [-0.2, 0) is 16.0 Å². The molecule has 0 aliphatic carbocycles. The topological polar surface area (TPSA) is 81.8 Å². The van der Waals surface area contributed by atoms with Crippen LogP contribution < -0.4 is 10.6 Å². The van der Waals surface area contributed by atoms with Crippen LogP contribution in [0.5, 0.6) is 0 Å². The Morgan fingerprint density at radius 3 is 2.44 bits per heavy atom. The molecule has 0 saturated heterocycles. The summed E-state index contributed by atoms with van der Waals surface area (Å²) in [7, 11) is 0. The summed E-state index contributed by atoms with van der Waals surface area (Å²) in [6.45, 7) is 6.04. The van der Waals surface area contributed by atoms with E-state index in [1.54, 1.807) is 6.08 Å². The number of urea groups is 1. The summed E-state index contributed by atoms with van der Waals surface area (Å²) in [5, 5.41) is 5.80. The maximum Gasteiger partial charge on any atom is 0.322 e. The Morgan fingerprint density at radius 1 is 1.08 bits per heavy atom. The Morgan fingerprint density at radius 2 is 1.77 bits per heavy atom. The normalized spacial score (nSPS) is 17.5. The van der Waals surface area contributed by atoms with E-state index in [9.17, 15) is 18.8 Å². The number of nitrogens with zero attached hydrogens (tertiary/aromatic N) is 2. The first-order chi connectivity index (χ1) is 18.9. The van der Waals surface area contributed by atoms with Crippen LogP contribution in [0.1, 0.15) is 22.7 Å². The molecule has 0 bridgehead atoms. The minimum atomic E-state index is -0.880. The van der Waals surface area contributed by atoms with Gasteiger partial charge in [0.25, 0.3) is 5.91 Å². The van der Waals surface area contributed by atoms with Crippen molar-refractivity contribution in [1.29, 1.82) is 0 Å². The van der Waals surface area contributed by atoms with E-state index in [0.717, 1.165) is 16.7 Å². The number of halogens is 1. The van der Waals surface area contributed by atoms with E-state index in [-0.39, 0.29) is 31.4 Å². The Bertz CT molecular complexity index is 1430. The molecule has 7 nitrogen and oxygen atoms in total. The molecule has 198 valence electrons. The second-order valence-corrected chi connectivity index (χ2v) is 9.69. The lowest BCUT2D eigenvalue weighted by Crippen LogP contribution is -2.47. The number of amides is 4. The summed E-state index contributed by atoms with van der Waals surface area (Å²) in [4.78, 5) is 44.0. The molecule has 4 amide bonds. The van der Waals surface area contributed by atoms with E-state index in [1.165, 1.54) is 34.1 Å². The largest absolute Gasteiger partial charge is 0.326 e. The lowest BCUT2D eigenvalue weighted by Gasteiger charge is -2.33. The van der Waals surface area contributed by atoms with Crippen molar-refractivity contribution in [3.8, 4) is 0 Å². The van der Waals surface area contributed by atoms with E-state index < -0.39 is 23.8 Å². The van der Waals surface area contributed by atoms with Crippen LogP contribution in [0.25, 0.3) is 0 Å². The van der Waals surface area contributed by atoms with E-state index in [1.807, 2.05) is 61.5 Å². The van der Waals surface area contributed by atoms with Crippen molar-refractivity contribution < 1.29 is 18.8 Å². The van der Waals surface area contributed by atoms with Gasteiger partial charge in [-0.15, -0.1) is 6.58 Å². The predicted octanol–water partition coefficient (Wildman–Crippen LogP) is 4.73. The fraction of sp³-hybridized carbons (Fsp3) is 0.194. The quantitative estimate of drug-likeness (QED) is 0.418. The minimum absolute atomic E-state index is 0.0894. The van der Waals surface area contributed by atoms with Gasteiger partial charge in [0.2, 0.25) is 5.91 Å². The van der Waals surface area contributed by atoms with Crippen LogP contribution in [0.2, 0.25) is 0 Å². The monoisotopic (exact) mass is 524 g/mol. The lowest BCUT2D eigenvalue weighted by atomic mass is 9.94. The van der Waals surface area contributed by atoms with Gasteiger partial charge in [-0.1, -0.05) is 66.2 Å². The van der Waals surface area contributed by atoms with Crippen molar-refractivity contribution >= 4 is 23.5 Å². The zero-order valence-corrected chi connectivity index (χ0v) is 21.6. The van der Waals surface area contributed by atoms with Gasteiger partial charge in [0.1, 0.15) is 11.9 Å². The number of hydrogen-bond donors (Lipinski definition) is 2. The summed E-state index contributed by atoms with van der Waals surface area (Å²) in [6, 6.07) is 20.7. The maximum absolute atomic E-state index is 14.1. The van der Waals surface area contributed by atoms with Gasteiger partial charge in [-0.2, -0.15) is 0 Å². The fourth-order valence-electron chi connectivity index (χ4n) is 5.04. The molecule has 2 N–H and O–H groups in total. The van der Waals surface area contributed by atoms with Crippen molar-refractivity contribution in [2.75, 3.05) is 18.4 Å². The van der Waals surface area contributed by atoms with Gasteiger partial charge in [0.05, 0.1) is 23.9 Å². The molecule has 39 heavy (non-hydrogen) atoms. The van der Waals surface area contributed by atoms with Crippen molar-refractivity contribution in [3.63, 3.8) is 0 Å². The summed E-state index contributed by atoms with van der Waals surface area (Å²) in [5.74, 6) is -1.14. The molecule has 2 atom stereocenters. The highest BCUT2D eigenvalue weighted by Gasteiger charge is 2.46. The minimum Gasteiger partial charge on any atom is -0.326 e. The van der Waals surface area contributed by atoms with Gasteiger partial charge in [0.15, 0.2) is 0 Å². The molecule has 3 aromatic carbocycles. The molecule has 3 aromatic rings. The number of carbonyl (C=O) groups excluding carboxylic acids is 3. The van der Waals surface area contributed by atoms with E-state index in [4.69, 9.17) is 0 Å². The number of anilines is 1. The third kappa shape index (κ3) is 5.31. The molecule has 2 aliphatic heterocycles. The molecule has 0 saturated carbocycles.